The molecule has 1 amide bonds. The van der Waals surface area contributed by atoms with E-state index in [9.17, 15) is 4.79 Å². The Morgan fingerprint density at radius 2 is 2.31 bits per heavy atom. The summed E-state index contributed by atoms with van der Waals surface area (Å²) in [7, 11) is 0. The summed E-state index contributed by atoms with van der Waals surface area (Å²) >= 11 is 5.91. The van der Waals surface area contributed by atoms with Gasteiger partial charge in [0.15, 0.2) is 0 Å². The molecule has 1 aliphatic heterocycles. The number of hydrazine groups is 1. The first-order valence-electron chi connectivity index (χ1n) is 3.79. The molecule has 3 N–H and O–H groups in total. The molecule has 0 atom stereocenters. The van der Waals surface area contributed by atoms with E-state index in [4.69, 9.17) is 17.4 Å². The van der Waals surface area contributed by atoms with Gasteiger partial charge >= 0.3 is 0 Å². The SMILES string of the molecule is NN1CC(=O)Nc2cccc(Cl)c21. The minimum absolute atomic E-state index is 0.128. The van der Waals surface area contributed by atoms with Gasteiger partial charge in [0.2, 0.25) is 5.91 Å². The van der Waals surface area contributed by atoms with Gasteiger partial charge in [-0.2, -0.15) is 0 Å². The van der Waals surface area contributed by atoms with E-state index in [1.807, 2.05) is 0 Å². The van der Waals surface area contributed by atoms with Crippen molar-refractivity contribution in [2.45, 2.75) is 0 Å². The third-order valence-corrected chi connectivity index (χ3v) is 2.17. The van der Waals surface area contributed by atoms with Crippen LogP contribution in [0.25, 0.3) is 0 Å². The minimum atomic E-state index is -0.128. The normalized spacial score (nSPS) is 15.2. The van der Waals surface area contributed by atoms with Crippen LogP contribution in [-0.4, -0.2) is 12.5 Å². The standard InChI is InChI=1S/C8H8ClN3O/c9-5-2-1-3-6-8(5)12(10)4-7(13)11-6/h1-3H,4,10H2,(H,11,13). The molecule has 0 saturated heterocycles. The molecule has 1 aromatic carbocycles. The number of anilines is 2. The van der Waals surface area contributed by atoms with Crippen LogP contribution in [0.1, 0.15) is 0 Å². The van der Waals surface area contributed by atoms with Crippen LogP contribution in [0.15, 0.2) is 18.2 Å². The third-order valence-electron chi connectivity index (χ3n) is 1.86. The lowest BCUT2D eigenvalue weighted by Gasteiger charge is -2.27. The first-order chi connectivity index (χ1) is 6.18. The van der Waals surface area contributed by atoms with E-state index in [1.165, 1.54) is 5.01 Å². The van der Waals surface area contributed by atoms with Gasteiger partial charge in [0.1, 0.15) is 6.54 Å². The van der Waals surface area contributed by atoms with Crippen LogP contribution in [0.2, 0.25) is 5.02 Å². The Morgan fingerprint density at radius 1 is 1.54 bits per heavy atom. The van der Waals surface area contributed by atoms with E-state index in [0.717, 1.165) is 0 Å². The Kier molecular flexibility index (Phi) is 1.86. The van der Waals surface area contributed by atoms with Crippen molar-refractivity contribution in [3.63, 3.8) is 0 Å². The summed E-state index contributed by atoms with van der Waals surface area (Å²) in [5, 5.41) is 4.57. The predicted octanol–water partition coefficient (Wildman–Crippen LogP) is 0.972. The van der Waals surface area contributed by atoms with Crippen LogP contribution >= 0.6 is 11.6 Å². The summed E-state index contributed by atoms with van der Waals surface area (Å²) in [6, 6.07) is 5.26. The smallest absolute Gasteiger partial charge is 0.245 e. The summed E-state index contributed by atoms with van der Waals surface area (Å²) in [5.74, 6) is 5.50. The quantitative estimate of drug-likeness (QED) is 0.610. The molecule has 1 heterocycles. The second-order valence-corrected chi connectivity index (χ2v) is 3.22. The largest absolute Gasteiger partial charge is 0.323 e. The Balaban J connectivity index is 2.55. The number of para-hydroxylation sites is 1. The van der Waals surface area contributed by atoms with Gasteiger partial charge in [0.05, 0.1) is 16.4 Å². The number of amides is 1. The molecule has 0 saturated carbocycles. The maximum absolute atomic E-state index is 11.1. The molecule has 0 fully saturated rings. The van der Waals surface area contributed by atoms with Crippen molar-refractivity contribution in [2.24, 2.45) is 5.84 Å². The average molecular weight is 198 g/mol. The number of nitrogens with one attached hydrogen (secondary N) is 1. The summed E-state index contributed by atoms with van der Waals surface area (Å²) in [6.45, 7) is 0.136. The molecular weight excluding hydrogens is 190 g/mol. The van der Waals surface area contributed by atoms with Crippen LogP contribution in [0.4, 0.5) is 11.4 Å². The molecule has 1 aromatic rings. The van der Waals surface area contributed by atoms with Crippen molar-refractivity contribution in [3.8, 4) is 0 Å². The molecule has 0 bridgehead atoms. The number of hydrogen-bond donors (Lipinski definition) is 2. The fraction of sp³-hybridized carbons (Fsp3) is 0.125. The predicted molar refractivity (Wildman–Crippen MR) is 51.6 cm³/mol. The summed E-state index contributed by atoms with van der Waals surface area (Å²) in [5.41, 5.74) is 1.33. The first-order valence-corrected chi connectivity index (χ1v) is 4.17. The molecule has 2 rings (SSSR count). The molecule has 68 valence electrons. The summed E-state index contributed by atoms with van der Waals surface area (Å²) in [6.07, 6.45) is 0. The van der Waals surface area contributed by atoms with Gasteiger partial charge < -0.3 is 5.32 Å². The highest BCUT2D eigenvalue weighted by Crippen LogP contribution is 2.34. The van der Waals surface area contributed by atoms with E-state index in [0.29, 0.717) is 16.4 Å². The number of benzene rings is 1. The third kappa shape index (κ3) is 1.34. The first kappa shape index (κ1) is 8.34. The number of fused-ring (bicyclic) bond motifs is 1. The number of halogens is 1. The zero-order valence-corrected chi connectivity index (χ0v) is 7.51. The van der Waals surface area contributed by atoms with Gasteiger partial charge in [-0.15, -0.1) is 0 Å². The molecule has 13 heavy (non-hydrogen) atoms. The molecule has 0 aliphatic carbocycles. The van der Waals surface area contributed by atoms with Crippen molar-refractivity contribution >= 4 is 28.9 Å². The van der Waals surface area contributed by atoms with Crippen molar-refractivity contribution in [1.29, 1.82) is 0 Å². The van der Waals surface area contributed by atoms with Crippen LogP contribution in [0.5, 0.6) is 0 Å². The van der Waals surface area contributed by atoms with Gasteiger partial charge in [0, 0.05) is 0 Å². The van der Waals surface area contributed by atoms with Gasteiger partial charge in [-0.3, -0.25) is 9.80 Å². The molecule has 1 aliphatic rings. The Bertz CT molecular complexity index is 366. The lowest BCUT2D eigenvalue weighted by atomic mass is 10.2. The van der Waals surface area contributed by atoms with E-state index in [-0.39, 0.29) is 12.5 Å². The van der Waals surface area contributed by atoms with E-state index in [2.05, 4.69) is 5.32 Å². The van der Waals surface area contributed by atoms with Gasteiger partial charge in [-0.25, -0.2) is 5.84 Å². The minimum Gasteiger partial charge on any atom is -0.323 e. The van der Waals surface area contributed by atoms with Crippen molar-refractivity contribution < 1.29 is 4.79 Å². The van der Waals surface area contributed by atoms with Crippen molar-refractivity contribution in [1.82, 2.24) is 0 Å². The van der Waals surface area contributed by atoms with Crippen molar-refractivity contribution in [2.75, 3.05) is 16.9 Å². The van der Waals surface area contributed by atoms with Crippen molar-refractivity contribution in [3.05, 3.63) is 23.2 Å². The highest BCUT2D eigenvalue weighted by Gasteiger charge is 2.21. The maximum Gasteiger partial charge on any atom is 0.245 e. The highest BCUT2D eigenvalue weighted by atomic mass is 35.5. The maximum atomic E-state index is 11.1. The average Bonchev–Trinajstić information content (AvgIpc) is 2.02. The molecule has 4 nitrogen and oxygen atoms in total. The van der Waals surface area contributed by atoms with E-state index in [1.54, 1.807) is 18.2 Å². The van der Waals surface area contributed by atoms with Crippen LogP contribution in [0, 0.1) is 0 Å². The number of carbonyl (C=O) groups excluding carboxylic acids is 1. The Labute approximate surface area is 80.2 Å². The lowest BCUT2D eigenvalue weighted by Crippen LogP contribution is -2.42. The Morgan fingerprint density at radius 3 is 3.08 bits per heavy atom. The number of nitrogens with zero attached hydrogens (tertiary/aromatic N) is 1. The molecule has 0 aromatic heterocycles. The Hall–Kier alpha value is -1.26. The van der Waals surface area contributed by atoms with Gasteiger partial charge in [-0.1, -0.05) is 17.7 Å². The zero-order valence-electron chi connectivity index (χ0n) is 6.75. The zero-order chi connectivity index (χ0) is 9.42. The number of carbonyl (C=O) groups is 1. The summed E-state index contributed by atoms with van der Waals surface area (Å²) in [4.78, 5) is 11.1. The number of hydrogen-bond acceptors (Lipinski definition) is 3. The second-order valence-electron chi connectivity index (χ2n) is 2.81. The molecule has 0 spiro atoms. The molecule has 0 unspecified atom stereocenters. The van der Waals surface area contributed by atoms with Gasteiger partial charge in [0.25, 0.3) is 0 Å². The molecule has 0 radical (unpaired) electrons. The van der Waals surface area contributed by atoms with E-state index >= 15 is 0 Å². The van der Waals surface area contributed by atoms with E-state index < -0.39 is 0 Å². The molecular formula is C8H8ClN3O. The van der Waals surface area contributed by atoms with Gasteiger partial charge in [-0.05, 0) is 12.1 Å². The fourth-order valence-corrected chi connectivity index (χ4v) is 1.61. The second kappa shape index (κ2) is 2.90. The number of nitrogens with two attached hydrogens (primary N) is 1. The molecule has 5 heteroatoms. The van der Waals surface area contributed by atoms with Crippen LogP contribution < -0.4 is 16.2 Å². The topological polar surface area (TPSA) is 58.4 Å². The summed E-state index contributed by atoms with van der Waals surface area (Å²) < 4.78 is 0. The highest BCUT2D eigenvalue weighted by molar-refractivity contribution is 6.34. The number of rotatable bonds is 0. The van der Waals surface area contributed by atoms with Crippen LogP contribution in [-0.2, 0) is 4.79 Å². The van der Waals surface area contributed by atoms with Crippen LogP contribution in [0.3, 0.4) is 0 Å². The fourth-order valence-electron chi connectivity index (χ4n) is 1.33. The monoisotopic (exact) mass is 197 g/mol. The lowest BCUT2D eigenvalue weighted by molar-refractivity contribution is -0.115.